The number of anilines is 1. The lowest BCUT2D eigenvalue weighted by Crippen LogP contribution is -2.40. The number of thioether (sulfide) groups is 1. The molecule has 2 heterocycles. The highest BCUT2D eigenvalue weighted by atomic mass is 32.2. The second-order valence-electron chi connectivity index (χ2n) is 7.64. The van der Waals surface area contributed by atoms with Gasteiger partial charge in [0.05, 0.1) is 18.2 Å². The van der Waals surface area contributed by atoms with Gasteiger partial charge in [0.15, 0.2) is 0 Å². The van der Waals surface area contributed by atoms with Gasteiger partial charge in [0, 0.05) is 17.0 Å². The lowest BCUT2D eigenvalue weighted by molar-refractivity contribution is -0.121. The van der Waals surface area contributed by atoms with Gasteiger partial charge in [0.1, 0.15) is 0 Å². The van der Waals surface area contributed by atoms with Gasteiger partial charge in [-0.3, -0.25) is 9.69 Å². The number of amides is 1. The van der Waals surface area contributed by atoms with E-state index >= 15 is 0 Å². The first-order valence-corrected chi connectivity index (χ1v) is 11.4. The third kappa shape index (κ3) is 4.91. The smallest absolute Gasteiger partial charge is 0.241 e. The van der Waals surface area contributed by atoms with E-state index in [2.05, 4.69) is 20.4 Å². The van der Waals surface area contributed by atoms with Gasteiger partial charge in [-0.1, -0.05) is 47.1 Å². The highest BCUT2D eigenvalue weighted by Gasteiger charge is 2.27. The maximum Gasteiger partial charge on any atom is 0.241 e. The molecule has 1 N–H and O–H groups in total. The van der Waals surface area contributed by atoms with Gasteiger partial charge in [0.2, 0.25) is 17.6 Å². The van der Waals surface area contributed by atoms with Crippen LogP contribution in [0.2, 0.25) is 0 Å². The summed E-state index contributed by atoms with van der Waals surface area (Å²) in [5.41, 5.74) is 3.02. The molecule has 0 spiro atoms. The van der Waals surface area contributed by atoms with E-state index in [0.717, 1.165) is 35.5 Å². The van der Waals surface area contributed by atoms with E-state index in [0.29, 0.717) is 24.8 Å². The first-order chi connectivity index (χ1) is 14.6. The van der Waals surface area contributed by atoms with Crippen LogP contribution in [-0.2, 0) is 11.3 Å². The fourth-order valence-electron chi connectivity index (χ4n) is 3.73. The van der Waals surface area contributed by atoms with E-state index in [4.69, 9.17) is 4.52 Å². The number of aryl methyl sites for hydroxylation is 1. The van der Waals surface area contributed by atoms with Crippen molar-refractivity contribution < 1.29 is 9.32 Å². The molecule has 1 aliphatic heterocycles. The van der Waals surface area contributed by atoms with Crippen LogP contribution in [0.25, 0.3) is 11.4 Å². The molecule has 1 amide bonds. The van der Waals surface area contributed by atoms with Crippen molar-refractivity contribution in [3.63, 3.8) is 0 Å². The van der Waals surface area contributed by atoms with Crippen LogP contribution in [-0.4, -0.2) is 40.3 Å². The molecule has 1 fully saturated rings. The van der Waals surface area contributed by atoms with Crippen LogP contribution in [0, 0.1) is 12.8 Å². The third-order valence-corrected chi connectivity index (χ3v) is 6.17. The first kappa shape index (κ1) is 20.6. The second-order valence-corrected chi connectivity index (χ2v) is 8.49. The van der Waals surface area contributed by atoms with Crippen molar-refractivity contribution in [1.82, 2.24) is 15.0 Å². The molecule has 6 nitrogen and oxygen atoms in total. The van der Waals surface area contributed by atoms with Gasteiger partial charge in [0.25, 0.3) is 0 Å². The topological polar surface area (TPSA) is 71.3 Å². The minimum absolute atomic E-state index is 0.0480. The molecule has 0 bridgehead atoms. The van der Waals surface area contributed by atoms with E-state index in [-0.39, 0.29) is 11.8 Å². The van der Waals surface area contributed by atoms with Crippen molar-refractivity contribution in [3.05, 3.63) is 60.0 Å². The molecule has 1 aromatic heterocycles. The molecule has 1 unspecified atom stereocenters. The van der Waals surface area contributed by atoms with E-state index < -0.39 is 0 Å². The molecule has 3 aromatic rings. The summed E-state index contributed by atoms with van der Waals surface area (Å²) in [4.78, 5) is 20.7. The quantitative estimate of drug-likeness (QED) is 0.585. The number of benzene rings is 2. The maximum atomic E-state index is 12.9. The molecule has 156 valence electrons. The van der Waals surface area contributed by atoms with Crippen LogP contribution in [0.3, 0.4) is 0 Å². The number of hydrogen-bond acceptors (Lipinski definition) is 6. The normalized spacial score (nSPS) is 17.1. The summed E-state index contributed by atoms with van der Waals surface area (Å²) in [7, 11) is 0. The summed E-state index contributed by atoms with van der Waals surface area (Å²) >= 11 is 1.63. The summed E-state index contributed by atoms with van der Waals surface area (Å²) in [5, 5.41) is 7.22. The second kappa shape index (κ2) is 9.45. The Hall–Kier alpha value is -2.64. The lowest BCUT2D eigenvalue weighted by atomic mass is 9.97. The van der Waals surface area contributed by atoms with Gasteiger partial charge in [-0.25, -0.2) is 0 Å². The number of nitrogens with zero attached hydrogens (tertiary/aromatic N) is 3. The first-order valence-electron chi connectivity index (χ1n) is 10.2. The van der Waals surface area contributed by atoms with Crippen LogP contribution in [0.1, 0.15) is 24.3 Å². The van der Waals surface area contributed by atoms with Crippen LogP contribution in [0.4, 0.5) is 5.69 Å². The number of carbonyl (C=O) groups excluding carboxylic acids is 1. The van der Waals surface area contributed by atoms with E-state index in [9.17, 15) is 4.79 Å². The molecule has 1 atom stereocenters. The largest absolute Gasteiger partial charge is 0.338 e. The Kier molecular flexibility index (Phi) is 6.50. The number of piperidine rings is 1. The molecule has 2 aromatic carbocycles. The van der Waals surface area contributed by atoms with Crippen molar-refractivity contribution in [1.29, 1.82) is 0 Å². The maximum absolute atomic E-state index is 12.9. The van der Waals surface area contributed by atoms with Crippen molar-refractivity contribution in [2.45, 2.75) is 31.2 Å². The van der Waals surface area contributed by atoms with Gasteiger partial charge in [-0.05, 0) is 44.7 Å². The number of rotatable bonds is 6. The van der Waals surface area contributed by atoms with Crippen LogP contribution in [0.5, 0.6) is 0 Å². The Bertz CT molecular complexity index is 1000. The molecular formula is C23H26N4O2S. The summed E-state index contributed by atoms with van der Waals surface area (Å²) in [5.74, 6) is 1.21. The average Bonchev–Trinajstić information content (AvgIpc) is 3.23. The Labute approximate surface area is 181 Å². The summed E-state index contributed by atoms with van der Waals surface area (Å²) in [6, 6.07) is 16.0. The Morgan fingerprint density at radius 3 is 2.83 bits per heavy atom. The number of aromatic nitrogens is 2. The average molecular weight is 423 g/mol. The number of hydrogen-bond donors (Lipinski definition) is 1. The van der Waals surface area contributed by atoms with Crippen LogP contribution in [0.15, 0.2) is 57.9 Å². The van der Waals surface area contributed by atoms with E-state index in [1.54, 1.807) is 11.8 Å². The molecule has 0 saturated carbocycles. The Morgan fingerprint density at radius 1 is 1.23 bits per heavy atom. The van der Waals surface area contributed by atoms with E-state index in [1.807, 2.05) is 61.7 Å². The minimum Gasteiger partial charge on any atom is -0.338 e. The Balaban J connectivity index is 1.37. The number of nitrogens with one attached hydrogen (secondary N) is 1. The lowest BCUT2D eigenvalue weighted by Gasteiger charge is -2.31. The van der Waals surface area contributed by atoms with Gasteiger partial charge in [-0.2, -0.15) is 4.98 Å². The minimum atomic E-state index is -0.0480. The monoisotopic (exact) mass is 422 g/mol. The van der Waals surface area contributed by atoms with Gasteiger partial charge in [-0.15, -0.1) is 11.8 Å². The predicted octanol–water partition coefficient (Wildman–Crippen LogP) is 4.62. The fourth-order valence-corrected chi connectivity index (χ4v) is 4.28. The number of carbonyl (C=O) groups is 1. The Morgan fingerprint density at radius 2 is 2.03 bits per heavy atom. The van der Waals surface area contributed by atoms with Crippen molar-refractivity contribution in [2.24, 2.45) is 5.92 Å². The zero-order valence-corrected chi connectivity index (χ0v) is 18.1. The molecule has 4 rings (SSSR count). The van der Waals surface area contributed by atoms with Crippen molar-refractivity contribution >= 4 is 23.4 Å². The number of para-hydroxylation sites is 1. The standard InChI is InChI=1S/C23H26N4O2S/c1-16-9-11-17(12-10-16)22-25-21(29-26-22)15-27-13-5-6-18(14-27)23(28)24-19-7-3-4-8-20(19)30-2/h3-4,7-12,18H,5-6,13-15H2,1-2H3,(H,24,28). The highest BCUT2D eigenvalue weighted by Crippen LogP contribution is 2.27. The number of likely N-dealkylation sites (tertiary alicyclic amines) is 1. The summed E-state index contributed by atoms with van der Waals surface area (Å²) in [6.45, 7) is 4.22. The molecular weight excluding hydrogens is 396 g/mol. The zero-order chi connectivity index (χ0) is 20.9. The molecule has 7 heteroatoms. The summed E-state index contributed by atoms with van der Waals surface area (Å²) < 4.78 is 5.47. The molecule has 0 radical (unpaired) electrons. The third-order valence-electron chi connectivity index (χ3n) is 5.38. The molecule has 0 aliphatic carbocycles. The van der Waals surface area contributed by atoms with Crippen molar-refractivity contribution in [3.8, 4) is 11.4 Å². The predicted molar refractivity (Wildman–Crippen MR) is 119 cm³/mol. The molecule has 1 saturated heterocycles. The van der Waals surface area contributed by atoms with Crippen molar-refractivity contribution in [2.75, 3.05) is 24.7 Å². The molecule has 30 heavy (non-hydrogen) atoms. The highest BCUT2D eigenvalue weighted by molar-refractivity contribution is 7.98. The summed E-state index contributed by atoms with van der Waals surface area (Å²) in [6.07, 6.45) is 3.88. The molecule has 1 aliphatic rings. The zero-order valence-electron chi connectivity index (χ0n) is 17.3. The van der Waals surface area contributed by atoms with Crippen LogP contribution < -0.4 is 5.32 Å². The van der Waals surface area contributed by atoms with Gasteiger partial charge < -0.3 is 9.84 Å². The SMILES string of the molecule is CSc1ccccc1NC(=O)C1CCCN(Cc2nc(-c3ccc(C)cc3)no2)C1. The van der Waals surface area contributed by atoms with E-state index in [1.165, 1.54) is 5.56 Å². The van der Waals surface area contributed by atoms with Crippen LogP contribution >= 0.6 is 11.8 Å². The van der Waals surface area contributed by atoms with Gasteiger partial charge >= 0.3 is 0 Å². The fraction of sp³-hybridized carbons (Fsp3) is 0.348.